The summed E-state index contributed by atoms with van der Waals surface area (Å²) < 4.78 is 0. The Morgan fingerprint density at radius 2 is 2.00 bits per heavy atom. The minimum atomic E-state index is 0.809. The number of benzene rings is 1. The van der Waals surface area contributed by atoms with Crippen molar-refractivity contribution >= 4 is 5.69 Å². The first kappa shape index (κ1) is 12.2. The molecule has 2 nitrogen and oxygen atoms in total. The summed E-state index contributed by atoms with van der Waals surface area (Å²) in [5.41, 5.74) is 6.72. The SMILES string of the molecule is Cc1cccnc1CNc1cccc2c1CCCC2. The molecular formula is C17H20N2. The monoisotopic (exact) mass is 252 g/mol. The molecule has 0 atom stereocenters. The fourth-order valence-corrected chi connectivity index (χ4v) is 2.83. The van der Waals surface area contributed by atoms with Gasteiger partial charge in [0.2, 0.25) is 0 Å². The van der Waals surface area contributed by atoms with Gasteiger partial charge in [0.1, 0.15) is 0 Å². The van der Waals surface area contributed by atoms with E-state index < -0.39 is 0 Å². The zero-order chi connectivity index (χ0) is 13.1. The van der Waals surface area contributed by atoms with Gasteiger partial charge in [-0.3, -0.25) is 4.98 Å². The predicted octanol–water partition coefficient (Wildman–Crippen LogP) is 3.88. The molecule has 0 radical (unpaired) electrons. The normalized spacial score (nSPS) is 13.9. The first-order valence-electron chi connectivity index (χ1n) is 7.10. The Morgan fingerprint density at radius 1 is 1.11 bits per heavy atom. The smallest absolute Gasteiger partial charge is 0.0623 e. The number of nitrogens with one attached hydrogen (secondary N) is 1. The van der Waals surface area contributed by atoms with E-state index in [0.29, 0.717) is 0 Å². The van der Waals surface area contributed by atoms with Crippen molar-refractivity contribution in [3.8, 4) is 0 Å². The van der Waals surface area contributed by atoms with Gasteiger partial charge in [-0.1, -0.05) is 18.2 Å². The molecule has 2 aromatic rings. The lowest BCUT2D eigenvalue weighted by Gasteiger charge is -2.20. The Hall–Kier alpha value is -1.83. The van der Waals surface area contributed by atoms with E-state index in [0.717, 1.165) is 12.2 Å². The minimum absolute atomic E-state index is 0.809. The molecule has 0 bridgehead atoms. The van der Waals surface area contributed by atoms with Gasteiger partial charge in [0.05, 0.1) is 12.2 Å². The van der Waals surface area contributed by atoms with E-state index in [9.17, 15) is 0 Å². The van der Waals surface area contributed by atoms with Crippen LogP contribution in [0, 0.1) is 6.92 Å². The summed E-state index contributed by atoms with van der Waals surface area (Å²) in [6.45, 7) is 2.92. The van der Waals surface area contributed by atoms with E-state index in [1.54, 1.807) is 0 Å². The van der Waals surface area contributed by atoms with E-state index in [4.69, 9.17) is 0 Å². The Morgan fingerprint density at radius 3 is 2.89 bits per heavy atom. The predicted molar refractivity (Wildman–Crippen MR) is 79.4 cm³/mol. The molecule has 98 valence electrons. The molecule has 1 N–H and O–H groups in total. The van der Waals surface area contributed by atoms with Crippen molar-refractivity contribution in [3.05, 3.63) is 58.9 Å². The van der Waals surface area contributed by atoms with Gasteiger partial charge < -0.3 is 5.32 Å². The van der Waals surface area contributed by atoms with E-state index in [1.807, 2.05) is 12.3 Å². The number of hydrogen-bond donors (Lipinski definition) is 1. The van der Waals surface area contributed by atoms with Gasteiger partial charge in [0, 0.05) is 11.9 Å². The number of hydrogen-bond acceptors (Lipinski definition) is 2. The summed E-state index contributed by atoms with van der Waals surface area (Å²) >= 11 is 0. The standard InChI is InChI=1S/C17H20N2/c1-13-6-5-11-18-17(13)12-19-16-10-4-8-14-7-2-3-9-15(14)16/h4-6,8,10-11,19H,2-3,7,9,12H2,1H3. The molecule has 2 heteroatoms. The first-order valence-corrected chi connectivity index (χ1v) is 7.10. The van der Waals surface area contributed by atoms with Crippen LogP contribution in [0.25, 0.3) is 0 Å². The Labute approximate surface area is 114 Å². The summed E-state index contributed by atoms with van der Waals surface area (Å²) in [6, 6.07) is 10.7. The minimum Gasteiger partial charge on any atom is -0.379 e. The lowest BCUT2D eigenvalue weighted by atomic mass is 9.90. The largest absolute Gasteiger partial charge is 0.379 e. The molecule has 0 aliphatic heterocycles. The summed E-state index contributed by atoms with van der Waals surface area (Å²) in [5, 5.41) is 3.57. The summed E-state index contributed by atoms with van der Waals surface area (Å²) in [4.78, 5) is 4.44. The van der Waals surface area contributed by atoms with Gasteiger partial charge >= 0.3 is 0 Å². The van der Waals surface area contributed by atoms with Gasteiger partial charge in [-0.25, -0.2) is 0 Å². The molecule has 0 fully saturated rings. The van der Waals surface area contributed by atoms with Crippen LogP contribution in [0.5, 0.6) is 0 Å². The molecule has 1 aliphatic carbocycles. The van der Waals surface area contributed by atoms with E-state index in [-0.39, 0.29) is 0 Å². The van der Waals surface area contributed by atoms with Crippen LogP contribution in [0.2, 0.25) is 0 Å². The van der Waals surface area contributed by atoms with Crippen LogP contribution in [0.15, 0.2) is 36.5 Å². The van der Waals surface area contributed by atoms with Gasteiger partial charge in [0.25, 0.3) is 0 Å². The Kier molecular flexibility index (Phi) is 3.49. The fraction of sp³-hybridized carbons (Fsp3) is 0.353. The van der Waals surface area contributed by atoms with Gasteiger partial charge in [-0.15, -0.1) is 0 Å². The maximum absolute atomic E-state index is 4.44. The highest BCUT2D eigenvalue weighted by molar-refractivity contribution is 5.55. The molecule has 0 unspecified atom stereocenters. The van der Waals surface area contributed by atoms with E-state index in [2.05, 4.69) is 41.5 Å². The van der Waals surface area contributed by atoms with Crippen molar-refractivity contribution in [2.75, 3.05) is 5.32 Å². The molecule has 1 aliphatic rings. The first-order chi connectivity index (χ1) is 9.34. The number of nitrogens with zero attached hydrogens (tertiary/aromatic N) is 1. The topological polar surface area (TPSA) is 24.9 Å². The zero-order valence-electron chi connectivity index (χ0n) is 11.4. The quantitative estimate of drug-likeness (QED) is 0.896. The van der Waals surface area contributed by atoms with Crippen LogP contribution < -0.4 is 5.32 Å². The number of fused-ring (bicyclic) bond motifs is 1. The highest BCUT2D eigenvalue weighted by Gasteiger charge is 2.12. The number of anilines is 1. The second-order valence-electron chi connectivity index (χ2n) is 5.27. The highest BCUT2D eigenvalue weighted by Crippen LogP contribution is 2.28. The average Bonchev–Trinajstić information content (AvgIpc) is 2.46. The zero-order valence-corrected chi connectivity index (χ0v) is 11.4. The Balaban J connectivity index is 1.79. The highest BCUT2D eigenvalue weighted by atomic mass is 14.9. The molecule has 0 saturated heterocycles. The van der Waals surface area contributed by atoms with Crippen LogP contribution in [-0.4, -0.2) is 4.98 Å². The summed E-state index contributed by atoms with van der Waals surface area (Å²) in [7, 11) is 0. The summed E-state index contributed by atoms with van der Waals surface area (Å²) in [5.74, 6) is 0. The third-order valence-electron chi connectivity index (χ3n) is 3.96. The lowest BCUT2D eigenvalue weighted by Crippen LogP contribution is -2.09. The van der Waals surface area contributed by atoms with Gasteiger partial charge in [0.15, 0.2) is 0 Å². The number of pyridine rings is 1. The maximum atomic E-state index is 4.44. The average molecular weight is 252 g/mol. The second-order valence-corrected chi connectivity index (χ2v) is 5.27. The molecule has 1 aromatic heterocycles. The van der Waals surface area contributed by atoms with Gasteiger partial charge in [-0.05, 0) is 61.4 Å². The summed E-state index contributed by atoms with van der Waals surface area (Å²) in [6.07, 6.45) is 6.95. The van der Waals surface area contributed by atoms with Crippen molar-refractivity contribution in [1.82, 2.24) is 4.98 Å². The fourth-order valence-electron chi connectivity index (χ4n) is 2.83. The van der Waals surface area contributed by atoms with Crippen LogP contribution in [-0.2, 0) is 19.4 Å². The molecule has 3 rings (SSSR count). The van der Waals surface area contributed by atoms with Crippen molar-refractivity contribution < 1.29 is 0 Å². The molecule has 1 aromatic carbocycles. The third kappa shape index (κ3) is 2.62. The van der Waals surface area contributed by atoms with Crippen LogP contribution >= 0.6 is 0 Å². The van der Waals surface area contributed by atoms with Crippen LogP contribution in [0.1, 0.15) is 35.2 Å². The maximum Gasteiger partial charge on any atom is 0.0623 e. The molecule has 1 heterocycles. The molecule has 0 spiro atoms. The molecule has 19 heavy (non-hydrogen) atoms. The van der Waals surface area contributed by atoms with Crippen molar-refractivity contribution in [3.63, 3.8) is 0 Å². The second kappa shape index (κ2) is 5.43. The lowest BCUT2D eigenvalue weighted by molar-refractivity contribution is 0.686. The molecular weight excluding hydrogens is 232 g/mol. The van der Waals surface area contributed by atoms with Crippen molar-refractivity contribution in [2.24, 2.45) is 0 Å². The third-order valence-corrected chi connectivity index (χ3v) is 3.96. The Bertz CT molecular complexity index is 575. The van der Waals surface area contributed by atoms with Crippen LogP contribution in [0.4, 0.5) is 5.69 Å². The van der Waals surface area contributed by atoms with E-state index in [1.165, 1.54) is 48.1 Å². The number of aromatic nitrogens is 1. The van der Waals surface area contributed by atoms with Gasteiger partial charge in [-0.2, -0.15) is 0 Å². The number of rotatable bonds is 3. The molecule has 0 amide bonds. The van der Waals surface area contributed by atoms with E-state index >= 15 is 0 Å². The number of aryl methyl sites for hydroxylation is 2. The van der Waals surface area contributed by atoms with Crippen molar-refractivity contribution in [2.45, 2.75) is 39.2 Å². The van der Waals surface area contributed by atoms with Crippen molar-refractivity contribution in [1.29, 1.82) is 0 Å². The molecule has 0 saturated carbocycles. The van der Waals surface area contributed by atoms with Crippen LogP contribution in [0.3, 0.4) is 0 Å².